The number of nitrogens with zero attached hydrogens (tertiary/aromatic N) is 1. The molecule has 1 aromatic carbocycles. The fourth-order valence-electron chi connectivity index (χ4n) is 1.85. The Hall–Kier alpha value is -1.92. The zero-order valence-corrected chi connectivity index (χ0v) is 12.9. The first kappa shape index (κ1) is 15.5. The van der Waals surface area contributed by atoms with Crippen molar-refractivity contribution in [2.45, 2.75) is 25.3 Å². The highest BCUT2D eigenvalue weighted by Crippen LogP contribution is 2.18. The lowest BCUT2D eigenvalue weighted by atomic mass is 10.2. The number of aromatic nitrogens is 1. The summed E-state index contributed by atoms with van der Waals surface area (Å²) in [6.07, 6.45) is 1.63. The third-order valence-corrected chi connectivity index (χ3v) is 4.45. The summed E-state index contributed by atoms with van der Waals surface area (Å²) < 4.78 is 27.2. The third-order valence-electron chi connectivity index (χ3n) is 3.06. The Labute approximate surface area is 125 Å². The predicted molar refractivity (Wildman–Crippen MR) is 83.6 cm³/mol. The van der Waals surface area contributed by atoms with Crippen molar-refractivity contribution >= 4 is 15.7 Å². The number of pyridine rings is 1. The van der Waals surface area contributed by atoms with E-state index in [-0.39, 0.29) is 4.90 Å². The number of hydrogen-bond donors (Lipinski definition) is 2. The van der Waals surface area contributed by atoms with E-state index in [1.807, 2.05) is 19.1 Å². The molecule has 0 aliphatic carbocycles. The lowest BCUT2D eigenvalue weighted by molar-refractivity contribution is 0.601. The number of sulfonamides is 1. The number of rotatable bonds is 6. The maximum absolute atomic E-state index is 12.3. The number of nitrogens with one attached hydrogen (secondary N) is 2. The average Bonchev–Trinajstić information content (AvgIpc) is 2.48. The van der Waals surface area contributed by atoms with Crippen LogP contribution in [-0.2, 0) is 16.6 Å². The van der Waals surface area contributed by atoms with Crippen LogP contribution in [0.1, 0.15) is 18.2 Å². The molecule has 0 aliphatic rings. The van der Waals surface area contributed by atoms with Crippen molar-refractivity contribution in [2.24, 2.45) is 0 Å². The molecule has 0 saturated heterocycles. The highest BCUT2D eigenvalue weighted by atomic mass is 32.2. The summed E-state index contributed by atoms with van der Waals surface area (Å²) in [7, 11) is -3.58. The number of aryl methyl sites for hydroxylation is 1. The van der Waals surface area contributed by atoms with E-state index in [0.29, 0.717) is 11.4 Å². The summed E-state index contributed by atoms with van der Waals surface area (Å²) in [4.78, 5) is 4.31. The normalized spacial score (nSPS) is 11.3. The maximum Gasteiger partial charge on any atom is 0.261 e. The summed E-state index contributed by atoms with van der Waals surface area (Å²) >= 11 is 0. The van der Waals surface area contributed by atoms with Crippen LogP contribution >= 0.6 is 0 Å². The molecule has 0 atom stereocenters. The average molecular weight is 305 g/mol. The van der Waals surface area contributed by atoms with Gasteiger partial charge in [0.2, 0.25) is 0 Å². The molecular formula is C15H19N3O2S. The van der Waals surface area contributed by atoms with Gasteiger partial charge < -0.3 is 5.32 Å². The van der Waals surface area contributed by atoms with Crippen molar-refractivity contribution in [1.29, 1.82) is 0 Å². The zero-order chi connectivity index (χ0) is 15.3. The molecule has 21 heavy (non-hydrogen) atoms. The van der Waals surface area contributed by atoms with E-state index in [0.717, 1.165) is 18.7 Å². The van der Waals surface area contributed by atoms with Crippen LogP contribution in [-0.4, -0.2) is 19.9 Å². The molecule has 0 spiro atoms. The molecule has 0 bridgehead atoms. The molecule has 0 aliphatic heterocycles. The van der Waals surface area contributed by atoms with Gasteiger partial charge in [-0.15, -0.1) is 0 Å². The SMILES string of the molecule is CCNCc1ccc(S(=O)(=O)Nc2cccnc2C)cc1. The largest absolute Gasteiger partial charge is 0.313 e. The van der Waals surface area contributed by atoms with Crippen molar-refractivity contribution in [1.82, 2.24) is 10.3 Å². The van der Waals surface area contributed by atoms with E-state index in [4.69, 9.17) is 0 Å². The van der Waals surface area contributed by atoms with E-state index in [9.17, 15) is 8.42 Å². The molecule has 112 valence electrons. The Morgan fingerprint density at radius 2 is 1.86 bits per heavy atom. The van der Waals surface area contributed by atoms with Gasteiger partial charge in [-0.25, -0.2) is 8.42 Å². The summed E-state index contributed by atoms with van der Waals surface area (Å²) in [5.74, 6) is 0. The summed E-state index contributed by atoms with van der Waals surface area (Å²) in [6.45, 7) is 5.39. The minimum absolute atomic E-state index is 0.242. The molecule has 0 radical (unpaired) electrons. The molecule has 5 nitrogen and oxygen atoms in total. The van der Waals surface area contributed by atoms with Gasteiger partial charge in [0, 0.05) is 12.7 Å². The molecule has 2 aromatic rings. The van der Waals surface area contributed by atoms with Crippen LogP contribution in [0.25, 0.3) is 0 Å². The monoisotopic (exact) mass is 305 g/mol. The summed E-state index contributed by atoms with van der Waals surface area (Å²) in [5, 5.41) is 3.20. The quantitative estimate of drug-likeness (QED) is 0.859. The molecule has 6 heteroatoms. The Morgan fingerprint density at radius 1 is 1.14 bits per heavy atom. The van der Waals surface area contributed by atoms with E-state index in [1.165, 1.54) is 0 Å². The molecule has 0 unspecified atom stereocenters. The molecule has 1 aromatic heterocycles. The van der Waals surface area contributed by atoms with Crippen LogP contribution in [0.2, 0.25) is 0 Å². The zero-order valence-electron chi connectivity index (χ0n) is 12.1. The smallest absolute Gasteiger partial charge is 0.261 e. The van der Waals surface area contributed by atoms with Crippen molar-refractivity contribution in [3.63, 3.8) is 0 Å². The Morgan fingerprint density at radius 3 is 2.48 bits per heavy atom. The predicted octanol–water partition coefficient (Wildman–Crippen LogP) is 2.30. The molecule has 1 heterocycles. The minimum atomic E-state index is -3.58. The van der Waals surface area contributed by atoms with Crippen molar-refractivity contribution in [3.05, 3.63) is 53.9 Å². The number of anilines is 1. The second-order valence-electron chi connectivity index (χ2n) is 4.67. The number of benzene rings is 1. The lowest BCUT2D eigenvalue weighted by Gasteiger charge is -2.10. The van der Waals surface area contributed by atoms with Gasteiger partial charge in [-0.3, -0.25) is 9.71 Å². The molecular weight excluding hydrogens is 286 g/mol. The second kappa shape index (κ2) is 6.69. The number of hydrogen-bond acceptors (Lipinski definition) is 4. The first-order chi connectivity index (χ1) is 10.0. The van der Waals surface area contributed by atoms with Gasteiger partial charge in [-0.2, -0.15) is 0 Å². The van der Waals surface area contributed by atoms with Gasteiger partial charge in [-0.1, -0.05) is 19.1 Å². The fourth-order valence-corrected chi connectivity index (χ4v) is 2.97. The van der Waals surface area contributed by atoms with Gasteiger partial charge in [0.15, 0.2) is 0 Å². The van der Waals surface area contributed by atoms with Crippen LogP contribution < -0.4 is 10.0 Å². The fraction of sp³-hybridized carbons (Fsp3) is 0.267. The Bertz CT molecular complexity index is 697. The highest BCUT2D eigenvalue weighted by Gasteiger charge is 2.15. The lowest BCUT2D eigenvalue weighted by Crippen LogP contribution is -2.15. The van der Waals surface area contributed by atoms with Crippen LogP contribution in [0.5, 0.6) is 0 Å². The van der Waals surface area contributed by atoms with Gasteiger partial charge in [0.05, 0.1) is 16.3 Å². The van der Waals surface area contributed by atoms with Crippen LogP contribution in [0.3, 0.4) is 0 Å². The van der Waals surface area contributed by atoms with E-state index < -0.39 is 10.0 Å². The molecule has 2 rings (SSSR count). The van der Waals surface area contributed by atoms with Crippen molar-refractivity contribution in [3.8, 4) is 0 Å². The third kappa shape index (κ3) is 4.03. The Balaban J connectivity index is 2.18. The van der Waals surface area contributed by atoms with Gasteiger partial charge in [0.1, 0.15) is 0 Å². The minimum Gasteiger partial charge on any atom is -0.313 e. The van der Waals surface area contributed by atoms with Gasteiger partial charge in [0.25, 0.3) is 10.0 Å². The standard InChI is InChI=1S/C15H19N3O2S/c1-3-16-11-13-6-8-14(9-7-13)21(19,20)18-15-5-4-10-17-12(15)2/h4-10,16,18H,3,11H2,1-2H3. The Kier molecular flexibility index (Phi) is 4.93. The van der Waals surface area contributed by atoms with Gasteiger partial charge >= 0.3 is 0 Å². The highest BCUT2D eigenvalue weighted by molar-refractivity contribution is 7.92. The maximum atomic E-state index is 12.3. The van der Waals surface area contributed by atoms with Crippen molar-refractivity contribution in [2.75, 3.05) is 11.3 Å². The van der Waals surface area contributed by atoms with E-state index in [1.54, 1.807) is 37.4 Å². The molecule has 2 N–H and O–H groups in total. The summed E-state index contributed by atoms with van der Waals surface area (Å²) in [5.41, 5.74) is 2.19. The van der Waals surface area contributed by atoms with Crippen LogP contribution in [0.15, 0.2) is 47.5 Å². The molecule has 0 amide bonds. The first-order valence-electron chi connectivity index (χ1n) is 6.77. The molecule has 0 fully saturated rings. The van der Waals surface area contributed by atoms with Crippen LogP contribution in [0, 0.1) is 6.92 Å². The van der Waals surface area contributed by atoms with Gasteiger partial charge in [-0.05, 0) is 43.3 Å². The second-order valence-corrected chi connectivity index (χ2v) is 6.35. The topological polar surface area (TPSA) is 71.1 Å². The molecule has 0 saturated carbocycles. The van der Waals surface area contributed by atoms with E-state index >= 15 is 0 Å². The van der Waals surface area contributed by atoms with Crippen molar-refractivity contribution < 1.29 is 8.42 Å². The van der Waals surface area contributed by atoms with E-state index in [2.05, 4.69) is 15.0 Å². The van der Waals surface area contributed by atoms with Crippen LogP contribution in [0.4, 0.5) is 5.69 Å². The summed E-state index contributed by atoms with van der Waals surface area (Å²) in [6, 6.07) is 10.2. The first-order valence-corrected chi connectivity index (χ1v) is 8.25.